The summed E-state index contributed by atoms with van der Waals surface area (Å²) in [6.45, 7) is 8.81. The summed E-state index contributed by atoms with van der Waals surface area (Å²) in [4.78, 5) is 42.3. The molecule has 158 valence electrons. The topological polar surface area (TPSA) is 133 Å². The Kier molecular flexibility index (Phi) is 25.7. The molecular weight excluding hydrogens is 354 g/mol. The lowest BCUT2D eigenvalue weighted by molar-refractivity contribution is -0.150. The van der Waals surface area contributed by atoms with E-state index in [1.807, 2.05) is 0 Å². The predicted molar refractivity (Wildman–Crippen MR) is 104 cm³/mol. The summed E-state index contributed by atoms with van der Waals surface area (Å²) in [7, 11) is 1.50. The molecule has 0 aliphatic rings. The summed E-state index contributed by atoms with van der Waals surface area (Å²) in [5, 5.41) is 8.19. The van der Waals surface area contributed by atoms with Crippen LogP contribution in [0.1, 0.15) is 68.1 Å². The average Bonchev–Trinajstić information content (AvgIpc) is 2.59. The quantitative estimate of drug-likeness (QED) is 0.453. The number of hydrogen-bond acceptors (Lipinski definition) is 7. The summed E-state index contributed by atoms with van der Waals surface area (Å²) in [5.74, 6) is -1.62. The number of carbonyl (C=O) groups excluding carboxylic acids is 3. The summed E-state index contributed by atoms with van der Waals surface area (Å²) in [6, 6.07) is 0. The maximum absolute atomic E-state index is 10.9. The van der Waals surface area contributed by atoms with E-state index in [1.54, 1.807) is 34.6 Å². The smallest absolute Gasteiger partial charge is 0.306 e. The lowest BCUT2D eigenvalue weighted by atomic mass is 10.2. The lowest BCUT2D eigenvalue weighted by Crippen LogP contribution is -2.12. The van der Waals surface area contributed by atoms with Gasteiger partial charge in [-0.2, -0.15) is 0 Å². The van der Waals surface area contributed by atoms with Gasteiger partial charge in [-0.25, -0.2) is 0 Å². The molecule has 0 aliphatic carbocycles. The van der Waals surface area contributed by atoms with Crippen LogP contribution in [0.25, 0.3) is 0 Å². The minimum atomic E-state index is -0.981. The fourth-order valence-corrected chi connectivity index (χ4v) is 1.27. The van der Waals surface area contributed by atoms with Crippen molar-refractivity contribution in [1.29, 1.82) is 0 Å². The molecule has 0 unspecified atom stereocenters. The Labute approximate surface area is 164 Å². The predicted octanol–water partition coefficient (Wildman–Crippen LogP) is 2.32. The number of carbonyl (C=O) groups is 4. The van der Waals surface area contributed by atoms with Gasteiger partial charge in [0.1, 0.15) is 7.15 Å². The largest absolute Gasteiger partial charge is 0.481 e. The summed E-state index contributed by atoms with van der Waals surface area (Å²) in [5.41, 5.74) is 4.50. The number of hydrogen-bond donors (Lipinski definition) is 2. The van der Waals surface area contributed by atoms with E-state index in [9.17, 15) is 19.2 Å². The molecule has 0 amide bonds. The highest BCUT2D eigenvalue weighted by Crippen LogP contribution is 1.99. The Morgan fingerprint density at radius 2 is 1.26 bits per heavy atom. The second kappa shape index (κ2) is 23.6. The Morgan fingerprint density at radius 1 is 0.926 bits per heavy atom. The van der Waals surface area contributed by atoms with E-state index < -0.39 is 11.9 Å². The minimum Gasteiger partial charge on any atom is -0.481 e. The molecule has 0 bridgehead atoms. The van der Waals surface area contributed by atoms with Gasteiger partial charge in [0, 0.05) is 12.8 Å². The summed E-state index contributed by atoms with van der Waals surface area (Å²) < 4.78 is 15.3. The van der Waals surface area contributed by atoms with Crippen molar-refractivity contribution in [2.45, 2.75) is 78.9 Å². The highest BCUT2D eigenvalue weighted by atomic mass is 16.5. The second-order valence-electron chi connectivity index (χ2n) is 5.36. The maximum atomic E-state index is 10.9. The number of ketones is 1. The maximum Gasteiger partial charge on any atom is 0.306 e. The Morgan fingerprint density at radius 3 is 1.52 bits per heavy atom. The second-order valence-corrected chi connectivity index (χ2v) is 5.36. The molecule has 3 N–H and O–H groups in total. The van der Waals surface area contributed by atoms with E-state index >= 15 is 0 Å². The summed E-state index contributed by atoms with van der Waals surface area (Å²) in [6.07, 6.45) is 6.31. The first kappa shape index (κ1) is 29.4. The van der Waals surface area contributed by atoms with Gasteiger partial charge in [0.15, 0.2) is 0 Å². The van der Waals surface area contributed by atoms with Crippen molar-refractivity contribution in [2.75, 3.05) is 7.05 Å². The van der Waals surface area contributed by atoms with Crippen molar-refractivity contribution in [1.82, 2.24) is 0 Å². The molecule has 0 aromatic rings. The fraction of sp³-hybridized carbons (Fsp3) is 0.684. The van der Waals surface area contributed by atoms with E-state index in [2.05, 4.69) is 12.2 Å². The van der Waals surface area contributed by atoms with Crippen LogP contribution in [0.4, 0.5) is 0 Å². The Balaban J connectivity index is -0.000000167. The number of terminal acetylenes is 1. The zero-order valence-electron chi connectivity index (χ0n) is 18.2. The molecule has 0 aromatic carbocycles. The number of ether oxygens (including phenoxy) is 2. The van der Waals surface area contributed by atoms with Crippen LogP contribution < -0.4 is 5.73 Å². The normalized spacial score (nSPS) is 8.96. The van der Waals surface area contributed by atoms with Crippen molar-refractivity contribution in [2.24, 2.45) is 5.73 Å². The fourth-order valence-electron chi connectivity index (χ4n) is 1.27. The van der Waals surface area contributed by atoms with E-state index in [0.29, 0.717) is 12.8 Å². The number of Topliss-reactive ketones (excluding diaryl/α,β-unsaturated/α-hetero) is 1. The zero-order chi connectivity index (χ0) is 23.1. The van der Waals surface area contributed by atoms with Gasteiger partial charge in [-0.3, -0.25) is 19.2 Å². The van der Waals surface area contributed by atoms with E-state index in [4.69, 9.17) is 16.0 Å². The van der Waals surface area contributed by atoms with Gasteiger partial charge in [0.25, 0.3) is 0 Å². The van der Waals surface area contributed by atoms with E-state index in [1.165, 1.54) is 13.4 Å². The molecule has 0 saturated heterocycles. The number of rotatable bonds is 9. The third-order valence-corrected chi connectivity index (χ3v) is 2.28. The first-order chi connectivity index (χ1) is 13.0. The Hall–Kier alpha value is -2.40. The molecule has 0 aromatic heterocycles. The molecule has 0 radical (unpaired) electrons. The third-order valence-electron chi connectivity index (χ3n) is 2.28. The van der Waals surface area contributed by atoms with Crippen LogP contribution in [0.5, 0.6) is 0 Å². The summed E-state index contributed by atoms with van der Waals surface area (Å²) >= 11 is 0. The van der Waals surface area contributed by atoms with Gasteiger partial charge in [-0.05, 0) is 34.7 Å². The van der Waals surface area contributed by atoms with E-state index in [-0.39, 0.29) is 43.2 Å². The molecule has 8 heteroatoms. The Bertz CT molecular complexity index is 471. The van der Waals surface area contributed by atoms with Gasteiger partial charge in [-0.15, -0.1) is 12.8 Å². The number of esters is 2. The number of carboxylic acids is 1. The first-order valence-electron chi connectivity index (χ1n) is 9.07. The van der Waals surface area contributed by atoms with Crippen molar-refractivity contribution >= 4 is 23.7 Å². The highest BCUT2D eigenvalue weighted by Gasteiger charge is 2.08. The van der Waals surface area contributed by atoms with Gasteiger partial charge in [0.05, 0.1) is 31.5 Å². The van der Waals surface area contributed by atoms with Crippen molar-refractivity contribution < 1.29 is 35.1 Å². The molecule has 0 fully saturated rings. The van der Waals surface area contributed by atoms with Gasteiger partial charge >= 0.3 is 17.9 Å². The van der Waals surface area contributed by atoms with Crippen LogP contribution in [0, 0.1) is 12.8 Å². The molecular formula is C19H35NO7. The third kappa shape index (κ3) is 35.5. The first-order valence-corrected chi connectivity index (χ1v) is 8.57. The van der Waals surface area contributed by atoms with Gasteiger partial charge in [0.2, 0.25) is 0 Å². The molecule has 0 spiro atoms. The van der Waals surface area contributed by atoms with E-state index in [0.717, 1.165) is 0 Å². The van der Waals surface area contributed by atoms with Crippen LogP contribution in [-0.2, 0) is 28.7 Å². The minimum absolute atomic E-state index is 0.0481. The molecule has 27 heavy (non-hydrogen) atoms. The van der Waals surface area contributed by atoms with Crippen molar-refractivity contribution in [3.05, 3.63) is 0 Å². The number of carboxylic acid groups (broad SMARTS) is 1. The molecule has 0 heterocycles. The lowest BCUT2D eigenvalue weighted by Gasteiger charge is -2.06. The van der Waals surface area contributed by atoms with Gasteiger partial charge < -0.3 is 20.3 Å². The van der Waals surface area contributed by atoms with Crippen LogP contribution in [0.15, 0.2) is 0 Å². The number of nitrogens with two attached hydrogens (primary N) is 1. The molecule has 0 atom stereocenters. The van der Waals surface area contributed by atoms with Crippen molar-refractivity contribution in [3.8, 4) is 12.8 Å². The molecule has 8 nitrogen and oxygen atoms in total. The van der Waals surface area contributed by atoms with Crippen LogP contribution in [0.3, 0.4) is 0 Å². The molecule has 0 aliphatic heterocycles. The van der Waals surface area contributed by atoms with Crippen LogP contribution in [-0.4, -0.2) is 48.1 Å². The number of aliphatic carboxylic acids is 1. The van der Waals surface area contributed by atoms with Crippen molar-refractivity contribution in [3.63, 3.8) is 0 Å². The standard InChI is InChI=1S/C9H16O3.C7H12O4.C2H2.CH5N/c1-4-8(10)5-6-9(11)12-7(2)3;1-5(2)11-7(10)4-3-6(8)9;2*1-2/h7H,4-6H2,1-3H3;5H,3-4H2,1-2H3,(H,8,9);1-2H;2H2,1H3/i;;1D;. The van der Waals surface area contributed by atoms with Crippen LogP contribution >= 0.6 is 0 Å². The highest BCUT2D eigenvalue weighted by molar-refractivity contribution is 5.82. The van der Waals surface area contributed by atoms with Crippen LogP contribution in [0.2, 0.25) is 0 Å². The zero-order valence-corrected chi connectivity index (χ0v) is 17.2. The monoisotopic (exact) mass is 390 g/mol. The molecule has 0 saturated carbocycles. The average molecular weight is 390 g/mol. The SMILES string of the molecule is CC(C)OC(=O)CCC(=O)O.CCC(=O)CCC(=O)OC(C)C.CN.[2H]C#C. The van der Waals surface area contributed by atoms with Gasteiger partial charge in [-0.1, -0.05) is 6.92 Å². The molecule has 0 rings (SSSR count).